The number of nitrogens with one attached hydrogen (secondary N) is 1. The first-order valence-electron chi connectivity index (χ1n) is 6.12. The van der Waals surface area contributed by atoms with Gasteiger partial charge >= 0.3 is 0 Å². The molecule has 0 saturated carbocycles. The number of benzene rings is 1. The Morgan fingerprint density at radius 1 is 1.37 bits per heavy atom. The van der Waals surface area contributed by atoms with E-state index in [0.717, 1.165) is 5.56 Å². The second-order valence-corrected chi connectivity index (χ2v) is 6.75. The van der Waals surface area contributed by atoms with Gasteiger partial charge in [-0.2, -0.15) is 0 Å². The Kier molecular flexibility index (Phi) is 4.37. The molecule has 3 N–H and O–H groups in total. The maximum Gasteiger partial charge on any atom is 0.279 e. The third kappa shape index (κ3) is 3.42. The Labute approximate surface area is 111 Å². The summed E-state index contributed by atoms with van der Waals surface area (Å²) in [4.78, 5) is 21.7. The van der Waals surface area contributed by atoms with Gasteiger partial charge in [-0.05, 0) is 18.4 Å². The zero-order valence-electron chi connectivity index (χ0n) is 10.4. The van der Waals surface area contributed by atoms with Gasteiger partial charge in [0.25, 0.3) is 13.4 Å². The van der Waals surface area contributed by atoms with E-state index in [1.807, 2.05) is 30.3 Å². The largest absolute Gasteiger partial charge is 0.333 e. The molecule has 7 heteroatoms. The first-order chi connectivity index (χ1) is 9.00. The van der Waals surface area contributed by atoms with Crippen molar-refractivity contribution in [2.45, 2.75) is 25.0 Å². The SMILES string of the molecule is O=C1C(P(=O)(O)NCc2ccccc2)CCCN1O. The summed E-state index contributed by atoms with van der Waals surface area (Å²) < 4.78 is 12.2. The lowest BCUT2D eigenvalue weighted by Crippen LogP contribution is -2.43. The first kappa shape index (κ1) is 14.2. The van der Waals surface area contributed by atoms with Gasteiger partial charge in [0, 0.05) is 13.1 Å². The lowest BCUT2D eigenvalue weighted by atomic mass is 10.1. The third-order valence-corrected chi connectivity index (χ3v) is 5.10. The van der Waals surface area contributed by atoms with Crippen LogP contribution in [-0.2, 0) is 15.9 Å². The highest BCUT2D eigenvalue weighted by Crippen LogP contribution is 2.46. The smallest absolute Gasteiger partial charge is 0.279 e. The molecule has 6 nitrogen and oxygen atoms in total. The number of carbonyl (C=O) groups excluding carboxylic acids is 1. The Bertz CT molecular complexity index is 494. The molecule has 2 atom stereocenters. The van der Waals surface area contributed by atoms with Gasteiger partial charge in [-0.15, -0.1) is 0 Å². The van der Waals surface area contributed by atoms with Crippen LogP contribution in [0.1, 0.15) is 18.4 Å². The maximum absolute atomic E-state index is 12.2. The number of nitrogens with zero attached hydrogens (tertiary/aromatic N) is 1. The Balaban J connectivity index is 2.01. The molecule has 104 valence electrons. The normalized spacial score (nSPS) is 23.2. The molecule has 1 aromatic rings. The van der Waals surface area contributed by atoms with Crippen LogP contribution in [-0.4, -0.2) is 33.3 Å². The van der Waals surface area contributed by atoms with E-state index in [0.29, 0.717) is 17.9 Å². The van der Waals surface area contributed by atoms with Gasteiger partial charge in [0.2, 0.25) is 0 Å². The molecular weight excluding hydrogens is 267 g/mol. The van der Waals surface area contributed by atoms with Crippen LogP contribution in [0.3, 0.4) is 0 Å². The summed E-state index contributed by atoms with van der Waals surface area (Å²) in [7, 11) is -3.83. The quantitative estimate of drug-likeness (QED) is 0.573. The molecule has 1 aliphatic rings. The lowest BCUT2D eigenvalue weighted by molar-refractivity contribution is -0.169. The summed E-state index contributed by atoms with van der Waals surface area (Å²) >= 11 is 0. The zero-order valence-corrected chi connectivity index (χ0v) is 11.3. The van der Waals surface area contributed by atoms with Crippen LogP contribution in [0.2, 0.25) is 0 Å². The molecule has 1 aliphatic heterocycles. The predicted octanol–water partition coefficient (Wildman–Crippen LogP) is 1.34. The highest BCUT2D eigenvalue weighted by Gasteiger charge is 2.41. The summed E-state index contributed by atoms with van der Waals surface area (Å²) in [5.41, 5.74) is -0.198. The van der Waals surface area contributed by atoms with Crippen molar-refractivity contribution in [3.8, 4) is 0 Å². The standard InChI is InChI=1S/C12H17N2O4P/c15-12-11(7-4-8-14(12)16)19(17,18)13-9-10-5-2-1-3-6-10/h1-3,5-6,11,16H,4,7-9H2,(H2,13,17,18). The van der Waals surface area contributed by atoms with E-state index in [-0.39, 0.29) is 13.1 Å². The van der Waals surface area contributed by atoms with E-state index in [4.69, 9.17) is 0 Å². The van der Waals surface area contributed by atoms with Crippen molar-refractivity contribution in [3.05, 3.63) is 35.9 Å². The number of carbonyl (C=O) groups is 1. The zero-order chi connectivity index (χ0) is 13.9. The van der Waals surface area contributed by atoms with Crippen molar-refractivity contribution in [1.29, 1.82) is 0 Å². The molecular formula is C12H17N2O4P. The van der Waals surface area contributed by atoms with Gasteiger partial charge in [-0.3, -0.25) is 14.6 Å². The lowest BCUT2D eigenvalue weighted by Gasteiger charge is -2.30. The summed E-state index contributed by atoms with van der Waals surface area (Å²) in [5, 5.41) is 12.4. The Hall–Kier alpha value is -1.20. The van der Waals surface area contributed by atoms with Crippen LogP contribution in [0.5, 0.6) is 0 Å². The third-order valence-electron chi connectivity index (χ3n) is 3.16. The monoisotopic (exact) mass is 284 g/mol. The Morgan fingerprint density at radius 3 is 2.74 bits per heavy atom. The van der Waals surface area contributed by atoms with Crippen LogP contribution in [0.4, 0.5) is 0 Å². The Morgan fingerprint density at radius 2 is 2.05 bits per heavy atom. The van der Waals surface area contributed by atoms with Gasteiger partial charge in [0.05, 0.1) is 0 Å². The van der Waals surface area contributed by atoms with Crippen LogP contribution in [0, 0.1) is 0 Å². The topological polar surface area (TPSA) is 89.9 Å². The van der Waals surface area contributed by atoms with E-state index in [9.17, 15) is 19.5 Å². The molecule has 0 aliphatic carbocycles. The maximum atomic E-state index is 12.2. The molecule has 0 bridgehead atoms. The molecule has 1 fully saturated rings. The van der Waals surface area contributed by atoms with E-state index in [1.165, 1.54) is 0 Å². The number of rotatable bonds is 4. The number of amides is 1. The van der Waals surface area contributed by atoms with Gasteiger partial charge in [0.1, 0.15) is 5.66 Å². The van der Waals surface area contributed by atoms with Crippen LogP contribution < -0.4 is 5.09 Å². The van der Waals surface area contributed by atoms with Gasteiger partial charge in [0.15, 0.2) is 0 Å². The molecule has 1 heterocycles. The molecule has 19 heavy (non-hydrogen) atoms. The molecule has 1 amide bonds. The summed E-state index contributed by atoms with van der Waals surface area (Å²) in [5.74, 6) is -0.683. The van der Waals surface area contributed by atoms with Crippen molar-refractivity contribution in [3.63, 3.8) is 0 Å². The summed E-state index contributed by atoms with van der Waals surface area (Å²) in [6, 6.07) is 9.18. The summed E-state index contributed by atoms with van der Waals surface area (Å²) in [6.07, 6.45) is 0.829. The van der Waals surface area contributed by atoms with Gasteiger partial charge in [-0.1, -0.05) is 30.3 Å². The molecule has 2 unspecified atom stereocenters. The fourth-order valence-corrected chi connectivity index (χ4v) is 3.67. The van der Waals surface area contributed by atoms with Gasteiger partial charge in [-0.25, -0.2) is 10.2 Å². The number of hydrogen-bond acceptors (Lipinski definition) is 3. The fraction of sp³-hybridized carbons (Fsp3) is 0.417. The second kappa shape index (κ2) is 5.84. The van der Waals surface area contributed by atoms with Crippen LogP contribution in [0.15, 0.2) is 30.3 Å². The van der Waals surface area contributed by atoms with Crippen LogP contribution >= 0.6 is 7.52 Å². The van der Waals surface area contributed by atoms with E-state index in [1.54, 1.807) is 0 Å². The minimum atomic E-state index is -3.83. The summed E-state index contributed by atoms with van der Waals surface area (Å²) in [6.45, 7) is 0.428. The average Bonchev–Trinajstić information content (AvgIpc) is 2.41. The van der Waals surface area contributed by atoms with Crippen molar-refractivity contribution in [2.75, 3.05) is 6.54 Å². The molecule has 1 saturated heterocycles. The van der Waals surface area contributed by atoms with E-state index >= 15 is 0 Å². The average molecular weight is 284 g/mol. The number of hydrogen-bond donors (Lipinski definition) is 3. The minimum absolute atomic E-state index is 0.212. The predicted molar refractivity (Wildman–Crippen MR) is 69.6 cm³/mol. The van der Waals surface area contributed by atoms with E-state index < -0.39 is 19.1 Å². The molecule has 1 aromatic carbocycles. The van der Waals surface area contributed by atoms with Crippen molar-refractivity contribution in [1.82, 2.24) is 10.2 Å². The molecule has 0 radical (unpaired) electrons. The second-order valence-electron chi connectivity index (χ2n) is 4.56. The molecule has 2 rings (SSSR count). The minimum Gasteiger partial charge on any atom is -0.333 e. The van der Waals surface area contributed by atoms with E-state index in [2.05, 4.69) is 5.09 Å². The molecule has 0 aromatic heterocycles. The number of hydroxylamine groups is 2. The highest BCUT2D eigenvalue weighted by molar-refractivity contribution is 7.57. The first-order valence-corrected chi connectivity index (χ1v) is 7.85. The fourth-order valence-electron chi connectivity index (χ4n) is 2.08. The van der Waals surface area contributed by atoms with Crippen LogP contribution in [0.25, 0.3) is 0 Å². The molecule has 0 spiro atoms. The number of piperidine rings is 1. The van der Waals surface area contributed by atoms with Gasteiger partial charge < -0.3 is 4.89 Å². The highest BCUT2D eigenvalue weighted by atomic mass is 31.2. The van der Waals surface area contributed by atoms with Crippen molar-refractivity contribution in [2.24, 2.45) is 0 Å². The van der Waals surface area contributed by atoms with Crippen molar-refractivity contribution >= 4 is 13.4 Å². The van der Waals surface area contributed by atoms with Crippen molar-refractivity contribution < 1.29 is 19.5 Å².